The number of nitrogens with one attached hydrogen (secondary N) is 1. The van der Waals surface area contributed by atoms with Gasteiger partial charge in [-0.3, -0.25) is 4.79 Å². The highest BCUT2D eigenvalue weighted by molar-refractivity contribution is 5.82. The molecule has 1 heterocycles. The van der Waals surface area contributed by atoms with Crippen LogP contribution in [-0.2, 0) is 9.53 Å². The monoisotopic (exact) mass is 173 g/mol. The third-order valence-electron chi connectivity index (χ3n) is 1.65. The number of amides is 1. The Morgan fingerprint density at radius 1 is 1.58 bits per heavy atom. The minimum absolute atomic E-state index is 0.0338. The van der Waals surface area contributed by atoms with Crippen LogP contribution in [0.4, 0.5) is 0 Å². The van der Waals surface area contributed by atoms with Gasteiger partial charge in [-0.1, -0.05) is 20.8 Å². The summed E-state index contributed by atoms with van der Waals surface area (Å²) in [4.78, 5) is 11.1. The van der Waals surface area contributed by atoms with Crippen molar-refractivity contribution in [2.45, 2.75) is 39.7 Å². The van der Waals surface area contributed by atoms with E-state index in [1.165, 1.54) is 0 Å². The van der Waals surface area contributed by atoms with Crippen molar-refractivity contribution in [3.05, 3.63) is 0 Å². The molecule has 1 aliphatic rings. The molecule has 0 spiro atoms. The van der Waals surface area contributed by atoms with Crippen molar-refractivity contribution >= 4 is 5.91 Å². The van der Waals surface area contributed by atoms with E-state index in [9.17, 15) is 4.79 Å². The van der Waals surface area contributed by atoms with Crippen LogP contribution in [0.15, 0.2) is 0 Å². The topological polar surface area (TPSA) is 58.6 Å². The number of rotatable bonds is 1. The summed E-state index contributed by atoms with van der Waals surface area (Å²) in [5.41, 5.74) is 0.0338. The highest BCUT2D eigenvalue weighted by Crippen LogP contribution is 2.24. The van der Waals surface area contributed by atoms with Crippen LogP contribution < -0.4 is 5.32 Å². The lowest BCUT2D eigenvalue weighted by atomic mass is 9.89. The van der Waals surface area contributed by atoms with E-state index in [-0.39, 0.29) is 11.3 Å². The summed E-state index contributed by atoms with van der Waals surface area (Å²) in [5.74, 6) is -0.225. The minimum atomic E-state index is -1.12. The molecule has 0 aromatic rings. The van der Waals surface area contributed by atoms with Gasteiger partial charge in [0.1, 0.15) is 6.10 Å². The van der Waals surface area contributed by atoms with Gasteiger partial charge in [-0.2, -0.15) is 0 Å². The van der Waals surface area contributed by atoms with E-state index in [2.05, 4.69) is 5.32 Å². The second-order valence-electron chi connectivity index (χ2n) is 4.25. The van der Waals surface area contributed by atoms with Gasteiger partial charge < -0.3 is 15.2 Å². The van der Waals surface area contributed by atoms with Gasteiger partial charge >= 0.3 is 0 Å². The molecule has 70 valence electrons. The van der Waals surface area contributed by atoms with Crippen LogP contribution in [0.5, 0.6) is 0 Å². The quantitative estimate of drug-likeness (QED) is 0.596. The van der Waals surface area contributed by atoms with E-state index in [0.29, 0.717) is 6.42 Å². The fourth-order valence-electron chi connectivity index (χ4n) is 1.16. The number of carbonyl (C=O) groups excluding carboxylic acids is 1. The summed E-state index contributed by atoms with van der Waals surface area (Å²) in [5, 5.41) is 11.2. The lowest BCUT2D eigenvalue weighted by Crippen LogP contribution is -2.29. The molecule has 1 fully saturated rings. The second kappa shape index (κ2) is 3.03. The van der Waals surface area contributed by atoms with Crippen LogP contribution in [0.25, 0.3) is 0 Å². The Morgan fingerprint density at radius 3 is 2.50 bits per heavy atom. The van der Waals surface area contributed by atoms with Gasteiger partial charge in [-0.05, 0) is 11.8 Å². The van der Waals surface area contributed by atoms with Crippen molar-refractivity contribution in [1.82, 2.24) is 5.32 Å². The van der Waals surface area contributed by atoms with Crippen molar-refractivity contribution in [3.8, 4) is 0 Å². The predicted octanol–water partition coefficient (Wildman–Crippen LogP) is 0.213. The first kappa shape index (κ1) is 9.48. The molecular weight excluding hydrogens is 158 g/mol. The highest BCUT2D eigenvalue weighted by atomic mass is 16.6. The smallest absolute Gasteiger partial charge is 0.253 e. The molecule has 1 saturated heterocycles. The molecule has 12 heavy (non-hydrogen) atoms. The van der Waals surface area contributed by atoms with Gasteiger partial charge in [0.05, 0.1) is 0 Å². The van der Waals surface area contributed by atoms with Gasteiger partial charge in [-0.25, -0.2) is 0 Å². The molecule has 0 aromatic heterocycles. The van der Waals surface area contributed by atoms with E-state index in [4.69, 9.17) is 9.84 Å². The van der Waals surface area contributed by atoms with Crippen LogP contribution in [0, 0.1) is 5.41 Å². The Morgan fingerprint density at radius 2 is 2.17 bits per heavy atom. The van der Waals surface area contributed by atoms with Gasteiger partial charge in [0.2, 0.25) is 6.41 Å². The van der Waals surface area contributed by atoms with Crippen LogP contribution in [0.1, 0.15) is 27.2 Å². The number of hydrogen-bond donors (Lipinski definition) is 2. The first-order valence-electron chi connectivity index (χ1n) is 4.02. The molecular formula is C8H15NO3. The highest BCUT2D eigenvalue weighted by Gasteiger charge is 2.34. The van der Waals surface area contributed by atoms with Crippen molar-refractivity contribution < 1.29 is 14.6 Å². The zero-order valence-electron chi connectivity index (χ0n) is 7.63. The van der Waals surface area contributed by atoms with Gasteiger partial charge in [-0.15, -0.1) is 0 Å². The van der Waals surface area contributed by atoms with Crippen LogP contribution in [0.2, 0.25) is 0 Å². The zero-order chi connectivity index (χ0) is 9.35. The Balaban J connectivity index is 2.49. The van der Waals surface area contributed by atoms with Crippen LogP contribution >= 0.6 is 0 Å². The van der Waals surface area contributed by atoms with Crippen LogP contribution in [-0.4, -0.2) is 23.5 Å². The van der Waals surface area contributed by atoms with Crippen LogP contribution in [0.3, 0.4) is 0 Å². The molecule has 0 aromatic carbocycles. The van der Waals surface area contributed by atoms with Gasteiger partial charge in [0.25, 0.3) is 5.91 Å². The molecule has 2 unspecified atom stereocenters. The normalized spacial score (nSPS) is 30.5. The Labute approximate surface area is 71.9 Å². The van der Waals surface area contributed by atoms with E-state index < -0.39 is 12.5 Å². The van der Waals surface area contributed by atoms with Gasteiger partial charge in [0.15, 0.2) is 0 Å². The average Bonchev–Trinajstić information content (AvgIpc) is 2.06. The summed E-state index contributed by atoms with van der Waals surface area (Å²) in [6, 6.07) is 0. The van der Waals surface area contributed by atoms with Crippen molar-refractivity contribution in [2.24, 2.45) is 5.41 Å². The molecule has 1 aliphatic heterocycles. The van der Waals surface area contributed by atoms with Crippen molar-refractivity contribution in [3.63, 3.8) is 0 Å². The molecule has 2 atom stereocenters. The standard InChI is InChI=1S/C8H15NO3/c1-8(2,3)4-5-6(10)9-7(11)12-5/h5,7,11H,4H2,1-3H3,(H,9,10). The second-order valence-corrected chi connectivity index (χ2v) is 4.25. The molecule has 0 aliphatic carbocycles. The number of hydrogen-bond acceptors (Lipinski definition) is 3. The van der Waals surface area contributed by atoms with E-state index in [1.54, 1.807) is 0 Å². The minimum Gasteiger partial charge on any atom is -0.351 e. The Kier molecular flexibility index (Phi) is 2.39. The fraction of sp³-hybridized carbons (Fsp3) is 0.875. The SMILES string of the molecule is CC(C)(C)CC1OC(O)NC1=O. The number of carbonyl (C=O) groups is 1. The summed E-state index contributed by atoms with van der Waals surface area (Å²) in [7, 11) is 0. The summed E-state index contributed by atoms with van der Waals surface area (Å²) in [6.07, 6.45) is -1.000. The van der Waals surface area contributed by atoms with E-state index >= 15 is 0 Å². The molecule has 1 rings (SSSR count). The molecule has 1 amide bonds. The van der Waals surface area contributed by atoms with Crippen molar-refractivity contribution in [2.75, 3.05) is 0 Å². The Hall–Kier alpha value is -0.610. The maximum atomic E-state index is 11.1. The molecule has 4 heteroatoms. The molecule has 4 nitrogen and oxygen atoms in total. The Bertz CT molecular complexity index is 185. The molecule has 0 radical (unpaired) electrons. The van der Waals surface area contributed by atoms with Gasteiger partial charge in [0, 0.05) is 0 Å². The lowest BCUT2D eigenvalue weighted by Gasteiger charge is -2.20. The number of aliphatic hydroxyl groups is 1. The summed E-state index contributed by atoms with van der Waals surface area (Å²) < 4.78 is 4.94. The largest absolute Gasteiger partial charge is 0.351 e. The molecule has 0 saturated carbocycles. The predicted molar refractivity (Wildman–Crippen MR) is 43.1 cm³/mol. The summed E-state index contributed by atoms with van der Waals surface area (Å²) in [6.45, 7) is 6.07. The lowest BCUT2D eigenvalue weighted by molar-refractivity contribution is -0.128. The summed E-state index contributed by atoms with van der Waals surface area (Å²) >= 11 is 0. The van der Waals surface area contributed by atoms with Crippen molar-refractivity contribution in [1.29, 1.82) is 0 Å². The van der Waals surface area contributed by atoms with E-state index in [1.807, 2.05) is 20.8 Å². The number of aliphatic hydroxyl groups excluding tert-OH is 1. The number of ether oxygens (including phenoxy) is 1. The maximum absolute atomic E-state index is 11.1. The maximum Gasteiger partial charge on any atom is 0.253 e. The third-order valence-corrected chi connectivity index (χ3v) is 1.65. The zero-order valence-corrected chi connectivity index (χ0v) is 7.63. The third kappa shape index (κ3) is 2.46. The van der Waals surface area contributed by atoms with E-state index in [0.717, 1.165) is 0 Å². The molecule has 2 N–H and O–H groups in total. The first-order valence-corrected chi connectivity index (χ1v) is 4.02. The fourth-order valence-corrected chi connectivity index (χ4v) is 1.16. The first-order chi connectivity index (χ1) is 5.38. The average molecular weight is 173 g/mol. The molecule has 0 bridgehead atoms.